The number of nitrogens with one attached hydrogen (secondary N) is 1. The van der Waals surface area contributed by atoms with Crippen molar-refractivity contribution in [2.24, 2.45) is 5.92 Å². The Morgan fingerprint density at radius 3 is 3.00 bits per heavy atom. The Morgan fingerprint density at radius 2 is 2.27 bits per heavy atom. The molecule has 1 N–H and O–H groups in total. The van der Waals surface area contributed by atoms with E-state index in [1.54, 1.807) is 6.07 Å². The van der Waals surface area contributed by atoms with Gasteiger partial charge in [0.25, 0.3) is 0 Å². The molecular weight excluding hydrogens is 208 g/mol. The fourth-order valence-corrected chi connectivity index (χ4v) is 2.43. The Labute approximate surface area is 96.1 Å². The summed E-state index contributed by atoms with van der Waals surface area (Å²) in [6.07, 6.45) is 5.17. The van der Waals surface area contributed by atoms with E-state index in [9.17, 15) is 0 Å². The van der Waals surface area contributed by atoms with Gasteiger partial charge >= 0.3 is 0 Å². The lowest BCUT2D eigenvalue weighted by Gasteiger charge is -2.27. The molecule has 0 amide bonds. The van der Waals surface area contributed by atoms with Gasteiger partial charge in [-0.3, -0.25) is 0 Å². The summed E-state index contributed by atoms with van der Waals surface area (Å²) in [5.41, 5.74) is 0. The molecule has 2 rings (SSSR count). The quantitative estimate of drug-likeness (QED) is 0.775. The number of halogens is 1. The zero-order chi connectivity index (χ0) is 10.7. The van der Waals surface area contributed by atoms with Crippen LogP contribution in [0.4, 0.5) is 5.82 Å². The Bertz CT molecular complexity index is 327. The first-order valence-electron chi connectivity index (χ1n) is 5.63. The van der Waals surface area contributed by atoms with Gasteiger partial charge in [0.1, 0.15) is 11.0 Å². The average Bonchev–Trinajstić information content (AvgIpc) is 2.17. The van der Waals surface area contributed by atoms with Gasteiger partial charge in [-0.05, 0) is 30.9 Å². The summed E-state index contributed by atoms with van der Waals surface area (Å²) in [4.78, 5) is 4.25. The van der Waals surface area contributed by atoms with Crippen molar-refractivity contribution in [2.45, 2.75) is 38.6 Å². The topological polar surface area (TPSA) is 24.9 Å². The summed E-state index contributed by atoms with van der Waals surface area (Å²) < 4.78 is 0. The second-order valence-corrected chi connectivity index (χ2v) is 4.85. The molecule has 1 aromatic heterocycles. The van der Waals surface area contributed by atoms with Gasteiger partial charge in [0.2, 0.25) is 0 Å². The predicted octanol–water partition coefficient (Wildman–Crippen LogP) is 3.73. The lowest BCUT2D eigenvalue weighted by Crippen LogP contribution is -2.26. The van der Waals surface area contributed by atoms with Crippen LogP contribution < -0.4 is 5.32 Å². The number of hydrogen-bond donors (Lipinski definition) is 1. The maximum absolute atomic E-state index is 5.84. The minimum atomic E-state index is 0.559. The molecule has 15 heavy (non-hydrogen) atoms. The van der Waals surface area contributed by atoms with Crippen LogP contribution in [0.25, 0.3) is 0 Å². The first-order chi connectivity index (χ1) is 7.24. The summed E-state index contributed by atoms with van der Waals surface area (Å²) in [6, 6.07) is 6.28. The molecule has 0 aliphatic heterocycles. The molecule has 1 aromatic rings. The SMILES string of the molecule is CC1CCCC(Nc2cccc(Cl)n2)C1. The number of rotatable bonds is 2. The molecule has 0 bridgehead atoms. The van der Waals surface area contributed by atoms with Crippen LogP contribution in [0.5, 0.6) is 0 Å². The van der Waals surface area contributed by atoms with E-state index in [1.165, 1.54) is 25.7 Å². The molecule has 0 spiro atoms. The lowest BCUT2D eigenvalue weighted by molar-refractivity contribution is 0.358. The van der Waals surface area contributed by atoms with Crippen molar-refractivity contribution in [2.75, 3.05) is 5.32 Å². The van der Waals surface area contributed by atoms with Gasteiger partial charge < -0.3 is 5.32 Å². The second kappa shape index (κ2) is 4.84. The van der Waals surface area contributed by atoms with Crippen molar-refractivity contribution in [1.82, 2.24) is 4.98 Å². The monoisotopic (exact) mass is 224 g/mol. The first kappa shape index (κ1) is 10.7. The van der Waals surface area contributed by atoms with Crippen LogP contribution in [0.1, 0.15) is 32.6 Å². The van der Waals surface area contributed by atoms with Crippen molar-refractivity contribution in [3.8, 4) is 0 Å². The maximum atomic E-state index is 5.84. The predicted molar refractivity (Wildman–Crippen MR) is 64.3 cm³/mol. The fraction of sp³-hybridized carbons (Fsp3) is 0.583. The standard InChI is InChI=1S/C12H17ClN2/c1-9-4-2-5-10(8-9)14-12-7-3-6-11(13)15-12/h3,6-7,9-10H,2,4-5,8H2,1H3,(H,14,15). The smallest absolute Gasteiger partial charge is 0.131 e. The molecule has 1 fully saturated rings. The molecule has 0 radical (unpaired) electrons. The zero-order valence-electron chi connectivity index (χ0n) is 9.04. The maximum Gasteiger partial charge on any atom is 0.131 e. The van der Waals surface area contributed by atoms with Gasteiger partial charge in [-0.25, -0.2) is 4.98 Å². The number of pyridine rings is 1. The molecule has 0 saturated heterocycles. The van der Waals surface area contributed by atoms with Crippen LogP contribution >= 0.6 is 11.6 Å². The van der Waals surface area contributed by atoms with Crippen molar-refractivity contribution >= 4 is 17.4 Å². The molecule has 2 atom stereocenters. The Balaban J connectivity index is 1.96. The van der Waals surface area contributed by atoms with Gasteiger partial charge in [0.05, 0.1) is 0 Å². The molecule has 3 heteroatoms. The highest BCUT2D eigenvalue weighted by atomic mass is 35.5. The van der Waals surface area contributed by atoms with E-state index in [2.05, 4.69) is 17.2 Å². The molecule has 1 heterocycles. The van der Waals surface area contributed by atoms with Crippen molar-refractivity contribution < 1.29 is 0 Å². The van der Waals surface area contributed by atoms with Crippen LogP contribution in [0.3, 0.4) is 0 Å². The molecule has 82 valence electrons. The van der Waals surface area contributed by atoms with E-state index < -0.39 is 0 Å². The lowest BCUT2D eigenvalue weighted by atomic mass is 9.87. The Kier molecular flexibility index (Phi) is 3.47. The molecule has 1 saturated carbocycles. The molecule has 2 nitrogen and oxygen atoms in total. The highest BCUT2D eigenvalue weighted by molar-refractivity contribution is 6.29. The van der Waals surface area contributed by atoms with Crippen LogP contribution in [-0.2, 0) is 0 Å². The highest BCUT2D eigenvalue weighted by Gasteiger charge is 2.18. The fourth-order valence-electron chi connectivity index (χ4n) is 2.26. The minimum Gasteiger partial charge on any atom is -0.367 e. The van der Waals surface area contributed by atoms with Crippen LogP contribution in [0.15, 0.2) is 18.2 Å². The second-order valence-electron chi connectivity index (χ2n) is 4.46. The van der Waals surface area contributed by atoms with Crippen molar-refractivity contribution in [3.63, 3.8) is 0 Å². The normalized spacial score (nSPS) is 26.3. The zero-order valence-corrected chi connectivity index (χ0v) is 9.80. The third-order valence-corrected chi connectivity index (χ3v) is 3.21. The molecule has 2 unspecified atom stereocenters. The average molecular weight is 225 g/mol. The highest BCUT2D eigenvalue weighted by Crippen LogP contribution is 2.25. The molecule has 1 aliphatic rings. The van der Waals surface area contributed by atoms with Crippen LogP contribution in [0, 0.1) is 5.92 Å². The van der Waals surface area contributed by atoms with E-state index in [0.29, 0.717) is 11.2 Å². The third-order valence-electron chi connectivity index (χ3n) is 3.00. The summed E-state index contributed by atoms with van der Waals surface area (Å²) in [6.45, 7) is 2.32. The van der Waals surface area contributed by atoms with E-state index in [0.717, 1.165) is 11.7 Å². The first-order valence-corrected chi connectivity index (χ1v) is 6.01. The largest absolute Gasteiger partial charge is 0.367 e. The van der Waals surface area contributed by atoms with E-state index in [1.807, 2.05) is 12.1 Å². The van der Waals surface area contributed by atoms with Gasteiger partial charge in [-0.15, -0.1) is 0 Å². The van der Waals surface area contributed by atoms with Gasteiger partial charge in [0, 0.05) is 6.04 Å². The van der Waals surface area contributed by atoms with Crippen LogP contribution in [0.2, 0.25) is 5.15 Å². The van der Waals surface area contributed by atoms with Gasteiger partial charge in [-0.1, -0.05) is 37.4 Å². The van der Waals surface area contributed by atoms with Crippen LogP contribution in [-0.4, -0.2) is 11.0 Å². The Morgan fingerprint density at radius 1 is 1.40 bits per heavy atom. The summed E-state index contributed by atoms with van der Waals surface area (Å²) in [5, 5.41) is 4.02. The van der Waals surface area contributed by atoms with Gasteiger partial charge in [0.15, 0.2) is 0 Å². The van der Waals surface area contributed by atoms with Crippen molar-refractivity contribution in [3.05, 3.63) is 23.4 Å². The minimum absolute atomic E-state index is 0.559. The number of hydrogen-bond acceptors (Lipinski definition) is 2. The van der Waals surface area contributed by atoms with Gasteiger partial charge in [-0.2, -0.15) is 0 Å². The Hall–Kier alpha value is -0.760. The number of nitrogens with zero attached hydrogens (tertiary/aromatic N) is 1. The summed E-state index contributed by atoms with van der Waals surface area (Å²) in [5.74, 6) is 1.73. The van der Waals surface area contributed by atoms with E-state index in [4.69, 9.17) is 11.6 Å². The van der Waals surface area contributed by atoms with E-state index >= 15 is 0 Å². The summed E-state index contributed by atoms with van der Waals surface area (Å²) in [7, 11) is 0. The van der Waals surface area contributed by atoms with Crippen molar-refractivity contribution in [1.29, 1.82) is 0 Å². The third kappa shape index (κ3) is 3.10. The number of anilines is 1. The number of aromatic nitrogens is 1. The molecular formula is C12H17ClN2. The van der Waals surface area contributed by atoms with E-state index in [-0.39, 0.29) is 0 Å². The molecule has 0 aromatic carbocycles. The molecule has 1 aliphatic carbocycles. The summed E-state index contributed by atoms with van der Waals surface area (Å²) >= 11 is 5.84.